The summed E-state index contributed by atoms with van der Waals surface area (Å²) in [5.74, 6) is -0.348. The second-order valence-corrected chi connectivity index (χ2v) is 2.59. The highest BCUT2D eigenvalue weighted by Crippen LogP contribution is 2.14. The van der Waals surface area contributed by atoms with E-state index in [0.29, 0.717) is 6.54 Å². The Balaban J connectivity index is 2.56. The summed E-state index contributed by atoms with van der Waals surface area (Å²) in [6.45, 7) is 0.104. The van der Waals surface area contributed by atoms with E-state index >= 15 is 0 Å². The topological polar surface area (TPSA) is 57.6 Å². The summed E-state index contributed by atoms with van der Waals surface area (Å²) < 4.78 is 0. The van der Waals surface area contributed by atoms with Gasteiger partial charge in [0.15, 0.2) is 0 Å². The van der Waals surface area contributed by atoms with Gasteiger partial charge in [0.25, 0.3) is 0 Å². The predicted molar refractivity (Wildman–Crippen MR) is 37.9 cm³/mol. The predicted octanol–water partition coefficient (Wildman–Crippen LogP) is -0.831. The van der Waals surface area contributed by atoms with E-state index in [1.165, 1.54) is 4.90 Å². The molecule has 0 unspecified atom stereocenters. The lowest BCUT2D eigenvalue weighted by Crippen LogP contribution is -2.38. The molecule has 0 spiro atoms. The van der Waals surface area contributed by atoms with Gasteiger partial charge in [0, 0.05) is 6.54 Å². The van der Waals surface area contributed by atoms with E-state index < -0.39 is 6.61 Å². The number of aliphatic hydroxyl groups excluding tert-OH is 1. The highest BCUT2D eigenvalue weighted by atomic mass is 16.3. The minimum Gasteiger partial charge on any atom is -0.387 e. The summed E-state index contributed by atoms with van der Waals surface area (Å²) in [5.41, 5.74) is 0. The summed E-state index contributed by atoms with van der Waals surface area (Å²) in [6.07, 6.45) is 2.35. The Labute approximate surface area is 64.8 Å². The number of aldehydes is 1. The molecule has 0 saturated carbocycles. The molecule has 1 N–H and O–H groups in total. The summed E-state index contributed by atoms with van der Waals surface area (Å²) >= 11 is 0. The van der Waals surface area contributed by atoms with Crippen LogP contribution in [0.3, 0.4) is 0 Å². The van der Waals surface area contributed by atoms with Crippen molar-refractivity contribution in [3.8, 4) is 0 Å². The third-order valence-electron chi connectivity index (χ3n) is 1.91. The third-order valence-corrected chi connectivity index (χ3v) is 1.91. The Morgan fingerprint density at radius 2 is 2.45 bits per heavy atom. The zero-order chi connectivity index (χ0) is 8.27. The molecule has 1 saturated heterocycles. The normalized spacial score (nSPS) is 23.7. The molecule has 1 fully saturated rings. The highest BCUT2D eigenvalue weighted by Gasteiger charge is 2.27. The van der Waals surface area contributed by atoms with E-state index in [0.717, 1.165) is 19.1 Å². The first-order valence-corrected chi connectivity index (χ1v) is 3.65. The van der Waals surface area contributed by atoms with Crippen LogP contribution in [0.2, 0.25) is 0 Å². The fraction of sp³-hybridized carbons (Fsp3) is 0.714. The average Bonchev–Trinajstić information content (AvgIpc) is 2.50. The Hall–Kier alpha value is -0.900. The SMILES string of the molecule is O=C[C@@H]1CCCN1C(=O)CO. The zero-order valence-corrected chi connectivity index (χ0v) is 6.19. The molecule has 1 atom stereocenters. The number of carbonyl (C=O) groups is 2. The van der Waals surface area contributed by atoms with Crippen LogP contribution < -0.4 is 0 Å². The minimum absolute atomic E-state index is 0.297. The molecule has 62 valence electrons. The lowest BCUT2D eigenvalue weighted by molar-refractivity contribution is -0.137. The lowest BCUT2D eigenvalue weighted by atomic mass is 10.2. The molecular weight excluding hydrogens is 146 g/mol. The fourth-order valence-corrected chi connectivity index (χ4v) is 1.33. The van der Waals surface area contributed by atoms with E-state index in [1.807, 2.05) is 0 Å². The van der Waals surface area contributed by atoms with Gasteiger partial charge in [-0.25, -0.2) is 0 Å². The number of nitrogens with zero attached hydrogens (tertiary/aromatic N) is 1. The second-order valence-electron chi connectivity index (χ2n) is 2.59. The van der Waals surface area contributed by atoms with E-state index in [2.05, 4.69) is 0 Å². The molecule has 4 nitrogen and oxygen atoms in total. The van der Waals surface area contributed by atoms with Crippen LogP contribution in [0.15, 0.2) is 0 Å². The molecular formula is C7H11NO3. The van der Waals surface area contributed by atoms with Crippen molar-refractivity contribution < 1.29 is 14.7 Å². The van der Waals surface area contributed by atoms with Crippen LogP contribution in [0, 0.1) is 0 Å². The van der Waals surface area contributed by atoms with E-state index in [4.69, 9.17) is 5.11 Å². The van der Waals surface area contributed by atoms with Crippen molar-refractivity contribution >= 4 is 12.2 Å². The first-order valence-electron chi connectivity index (χ1n) is 3.65. The van der Waals surface area contributed by atoms with Crippen LogP contribution in [-0.4, -0.2) is 41.4 Å². The number of amides is 1. The van der Waals surface area contributed by atoms with Crippen molar-refractivity contribution in [2.45, 2.75) is 18.9 Å². The molecule has 11 heavy (non-hydrogen) atoms. The van der Waals surface area contributed by atoms with Crippen LogP contribution in [-0.2, 0) is 9.59 Å². The van der Waals surface area contributed by atoms with Crippen LogP contribution in [0.1, 0.15) is 12.8 Å². The van der Waals surface area contributed by atoms with E-state index in [-0.39, 0.29) is 11.9 Å². The number of aliphatic hydroxyl groups is 1. The molecule has 1 amide bonds. The molecule has 0 aliphatic carbocycles. The monoisotopic (exact) mass is 157 g/mol. The Morgan fingerprint density at radius 3 is 3.00 bits per heavy atom. The molecule has 0 aromatic heterocycles. The molecule has 1 aliphatic rings. The van der Waals surface area contributed by atoms with Gasteiger partial charge in [-0.15, -0.1) is 0 Å². The smallest absolute Gasteiger partial charge is 0.248 e. The minimum atomic E-state index is -0.496. The molecule has 0 radical (unpaired) electrons. The summed E-state index contributed by atoms with van der Waals surface area (Å²) in [4.78, 5) is 22.7. The maximum absolute atomic E-state index is 10.9. The molecule has 4 heteroatoms. The highest BCUT2D eigenvalue weighted by molar-refractivity contribution is 5.81. The molecule has 1 rings (SSSR count). The zero-order valence-electron chi connectivity index (χ0n) is 6.19. The summed E-state index contributed by atoms with van der Waals surface area (Å²) in [7, 11) is 0. The van der Waals surface area contributed by atoms with E-state index in [9.17, 15) is 9.59 Å². The first-order chi connectivity index (χ1) is 5.29. The second kappa shape index (κ2) is 3.48. The van der Waals surface area contributed by atoms with Gasteiger partial charge >= 0.3 is 0 Å². The molecule has 1 aliphatic heterocycles. The Kier molecular flexibility index (Phi) is 2.59. The Morgan fingerprint density at radius 1 is 1.73 bits per heavy atom. The van der Waals surface area contributed by atoms with Crippen LogP contribution in [0.25, 0.3) is 0 Å². The summed E-state index contributed by atoms with van der Waals surface area (Å²) in [5, 5.41) is 8.50. The molecule has 0 bridgehead atoms. The first kappa shape index (κ1) is 8.20. The standard InChI is InChI=1S/C7H11NO3/c9-4-6-2-1-3-8(6)7(11)5-10/h4,6,10H,1-3,5H2/t6-/m0/s1. The van der Waals surface area contributed by atoms with Crippen molar-refractivity contribution in [2.24, 2.45) is 0 Å². The maximum Gasteiger partial charge on any atom is 0.248 e. The van der Waals surface area contributed by atoms with Gasteiger partial charge in [0.1, 0.15) is 12.9 Å². The van der Waals surface area contributed by atoms with Crippen LogP contribution in [0.4, 0.5) is 0 Å². The largest absolute Gasteiger partial charge is 0.387 e. The molecule has 0 aromatic carbocycles. The van der Waals surface area contributed by atoms with Gasteiger partial charge < -0.3 is 14.8 Å². The third kappa shape index (κ3) is 1.57. The van der Waals surface area contributed by atoms with Gasteiger partial charge in [0.2, 0.25) is 5.91 Å². The van der Waals surface area contributed by atoms with E-state index in [1.54, 1.807) is 0 Å². The maximum atomic E-state index is 10.9. The molecule has 0 aromatic rings. The van der Waals surface area contributed by atoms with Crippen LogP contribution >= 0.6 is 0 Å². The molecule has 1 heterocycles. The van der Waals surface area contributed by atoms with Gasteiger partial charge in [-0.3, -0.25) is 4.79 Å². The van der Waals surface area contributed by atoms with Crippen molar-refractivity contribution in [1.29, 1.82) is 0 Å². The Bertz CT molecular complexity index is 169. The average molecular weight is 157 g/mol. The van der Waals surface area contributed by atoms with Crippen LogP contribution in [0.5, 0.6) is 0 Å². The number of likely N-dealkylation sites (tertiary alicyclic amines) is 1. The van der Waals surface area contributed by atoms with Gasteiger partial charge in [-0.05, 0) is 12.8 Å². The number of rotatable bonds is 2. The summed E-state index contributed by atoms with van der Waals surface area (Å²) in [6, 6.07) is -0.297. The fourth-order valence-electron chi connectivity index (χ4n) is 1.33. The number of hydrogen-bond acceptors (Lipinski definition) is 3. The van der Waals surface area contributed by atoms with Gasteiger partial charge in [-0.1, -0.05) is 0 Å². The van der Waals surface area contributed by atoms with Crippen molar-refractivity contribution in [1.82, 2.24) is 4.90 Å². The number of hydrogen-bond donors (Lipinski definition) is 1. The quantitative estimate of drug-likeness (QED) is 0.532. The number of carbonyl (C=O) groups excluding carboxylic acids is 2. The van der Waals surface area contributed by atoms with Crippen molar-refractivity contribution in [3.05, 3.63) is 0 Å². The lowest BCUT2D eigenvalue weighted by Gasteiger charge is -2.18. The van der Waals surface area contributed by atoms with Gasteiger partial charge in [-0.2, -0.15) is 0 Å². The van der Waals surface area contributed by atoms with Crippen molar-refractivity contribution in [2.75, 3.05) is 13.2 Å². The van der Waals surface area contributed by atoms with Crippen molar-refractivity contribution in [3.63, 3.8) is 0 Å². The van der Waals surface area contributed by atoms with Gasteiger partial charge in [0.05, 0.1) is 6.04 Å².